The number of halogens is 3. The summed E-state index contributed by atoms with van der Waals surface area (Å²) in [7, 11) is 1.44. The third-order valence-corrected chi connectivity index (χ3v) is 2.96. The van der Waals surface area contributed by atoms with Crippen LogP contribution in [0.5, 0.6) is 5.75 Å². The molecule has 0 N–H and O–H groups in total. The average Bonchev–Trinajstić information content (AvgIpc) is 2.32. The van der Waals surface area contributed by atoms with Crippen LogP contribution >= 0.6 is 15.9 Å². The number of hydrogen-bond acceptors (Lipinski definition) is 3. The highest BCUT2D eigenvalue weighted by atomic mass is 79.9. The second-order valence-corrected chi connectivity index (χ2v) is 4.00. The molecule has 0 saturated heterocycles. The summed E-state index contributed by atoms with van der Waals surface area (Å²) in [5.41, 5.74) is -1.02. The van der Waals surface area contributed by atoms with E-state index in [0.29, 0.717) is 5.75 Å². The van der Waals surface area contributed by atoms with Crippen molar-refractivity contribution >= 4 is 21.6 Å². The van der Waals surface area contributed by atoms with Crippen molar-refractivity contribution in [3.8, 4) is 5.75 Å². The van der Waals surface area contributed by atoms with E-state index in [0.717, 1.165) is 0 Å². The molecule has 2 aromatic heterocycles. The maximum Gasteiger partial charge on any atom is 0.281 e. The lowest BCUT2D eigenvalue weighted by Gasteiger charge is -2.07. The molecular formula is C10H7BrF2N2O2. The number of rotatable bonds is 2. The number of pyridine rings is 1. The fraction of sp³-hybridized carbons (Fsp3) is 0.200. The van der Waals surface area contributed by atoms with Crippen molar-refractivity contribution in [1.82, 2.24) is 9.38 Å². The van der Waals surface area contributed by atoms with Crippen LogP contribution in [-0.2, 0) is 0 Å². The van der Waals surface area contributed by atoms with Crippen molar-refractivity contribution in [1.29, 1.82) is 0 Å². The Balaban J connectivity index is 2.82. The van der Waals surface area contributed by atoms with Crippen LogP contribution in [0.15, 0.2) is 27.6 Å². The molecule has 0 atom stereocenters. The summed E-state index contributed by atoms with van der Waals surface area (Å²) in [5.74, 6) is 0.444. The van der Waals surface area contributed by atoms with Crippen LogP contribution in [0.1, 0.15) is 12.1 Å². The molecule has 17 heavy (non-hydrogen) atoms. The molecule has 7 heteroatoms. The van der Waals surface area contributed by atoms with Gasteiger partial charge in [-0.3, -0.25) is 9.20 Å². The van der Waals surface area contributed by atoms with Crippen LogP contribution in [0.4, 0.5) is 8.78 Å². The molecule has 4 nitrogen and oxygen atoms in total. The topological polar surface area (TPSA) is 43.6 Å². The van der Waals surface area contributed by atoms with E-state index < -0.39 is 17.7 Å². The lowest BCUT2D eigenvalue weighted by atomic mass is 10.3. The highest BCUT2D eigenvalue weighted by Gasteiger charge is 2.18. The van der Waals surface area contributed by atoms with Gasteiger partial charge in [-0.2, -0.15) is 0 Å². The fourth-order valence-electron chi connectivity index (χ4n) is 1.39. The van der Waals surface area contributed by atoms with E-state index in [9.17, 15) is 13.6 Å². The van der Waals surface area contributed by atoms with Crippen molar-refractivity contribution in [3.05, 3.63) is 38.9 Å². The summed E-state index contributed by atoms with van der Waals surface area (Å²) in [6.07, 6.45) is -1.39. The van der Waals surface area contributed by atoms with Gasteiger partial charge in [0.2, 0.25) is 0 Å². The van der Waals surface area contributed by atoms with Gasteiger partial charge >= 0.3 is 0 Å². The summed E-state index contributed by atoms with van der Waals surface area (Å²) in [4.78, 5) is 15.5. The summed E-state index contributed by atoms with van der Waals surface area (Å²) in [6.45, 7) is 0. The molecule has 0 aliphatic heterocycles. The van der Waals surface area contributed by atoms with E-state index >= 15 is 0 Å². The normalized spacial score (nSPS) is 11.1. The number of methoxy groups -OCH3 is 1. The first-order valence-corrected chi connectivity index (χ1v) is 5.38. The van der Waals surface area contributed by atoms with Crippen LogP contribution in [-0.4, -0.2) is 16.5 Å². The predicted molar refractivity (Wildman–Crippen MR) is 60.7 cm³/mol. The summed E-state index contributed by atoms with van der Waals surface area (Å²) in [5, 5.41) is 0. The minimum Gasteiger partial charge on any atom is -0.497 e. The SMILES string of the molecule is COc1ccn2c(=O)c(Br)c(C(F)F)nc2c1. The molecule has 0 unspecified atom stereocenters. The molecule has 0 fully saturated rings. The zero-order chi connectivity index (χ0) is 12.6. The number of aromatic nitrogens is 2. The first-order valence-electron chi connectivity index (χ1n) is 4.58. The van der Waals surface area contributed by atoms with E-state index in [1.165, 1.54) is 23.8 Å². The summed E-state index contributed by atoms with van der Waals surface area (Å²) >= 11 is 2.83. The van der Waals surface area contributed by atoms with Gasteiger partial charge in [-0.25, -0.2) is 13.8 Å². The molecule has 2 rings (SSSR count). The average molecular weight is 305 g/mol. The third-order valence-electron chi connectivity index (χ3n) is 2.21. The van der Waals surface area contributed by atoms with Gasteiger partial charge in [-0.05, 0) is 22.0 Å². The van der Waals surface area contributed by atoms with Gasteiger partial charge in [0.25, 0.3) is 12.0 Å². The Bertz CT molecular complexity index is 627. The summed E-state index contributed by atoms with van der Waals surface area (Å²) < 4.78 is 31.2. The van der Waals surface area contributed by atoms with Crippen molar-refractivity contribution in [2.45, 2.75) is 6.43 Å². The minimum absolute atomic E-state index is 0.118. The van der Waals surface area contributed by atoms with Gasteiger partial charge < -0.3 is 4.74 Å². The van der Waals surface area contributed by atoms with Crippen molar-refractivity contribution in [3.63, 3.8) is 0 Å². The number of nitrogens with zero attached hydrogens (tertiary/aromatic N) is 2. The Hall–Kier alpha value is -1.50. The zero-order valence-corrected chi connectivity index (χ0v) is 10.2. The van der Waals surface area contributed by atoms with E-state index in [2.05, 4.69) is 20.9 Å². The number of ether oxygens (including phenoxy) is 1. The Labute approximate surface area is 103 Å². The number of hydrogen-bond donors (Lipinski definition) is 0. The molecule has 2 heterocycles. The first-order chi connectivity index (χ1) is 8.04. The van der Waals surface area contributed by atoms with Gasteiger partial charge in [0.15, 0.2) is 0 Å². The van der Waals surface area contributed by atoms with Gasteiger partial charge in [-0.1, -0.05) is 0 Å². The highest BCUT2D eigenvalue weighted by Crippen LogP contribution is 2.23. The van der Waals surface area contributed by atoms with Crippen LogP contribution < -0.4 is 10.3 Å². The molecule has 0 saturated carbocycles. The molecular weight excluding hydrogens is 298 g/mol. The molecule has 0 aromatic carbocycles. The molecule has 0 spiro atoms. The maximum atomic E-state index is 12.6. The van der Waals surface area contributed by atoms with E-state index in [1.54, 1.807) is 6.07 Å². The molecule has 0 amide bonds. The molecule has 0 aliphatic carbocycles. The van der Waals surface area contributed by atoms with Crippen LogP contribution in [0.2, 0.25) is 0 Å². The first kappa shape index (κ1) is 12.0. The van der Waals surface area contributed by atoms with E-state index in [4.69, 9.17) is 4.74 Å². The predicted octanol–water partition coefficient (Wildman–Crippen LogP) is 2.40. The van der Waals surface area contributed by atoms with Crippen LogP contribution in [0.3, 0.4) is 0 Å². The second-order valence-electron chi connectivity index (χ2n) is 3.21. The Morgan fingerprint density at radius 1 is 1.53 bits per heavy atom. The van der Waals surface area contributed by atoms with E-state index in [-0.39, 0.29) is 10.1 Å². The second kappa shape index (κ2) is 4.40. The van der Waals surface area contributed by atoms with Gasteiger partial charge in [0.05, 0.1) is 7.11 Å². The van der Waals surface area contributed by atoms with E-state index in [1.807, 2.05) is 0 Å². The highest BCUT2D eigenvalue weighted by molar-refractivity contribution is 9.10. The fourth-order valence-corrected chi connectivity index (χ4v) is 1.84. The van der Waals surface area contributed by atoms with Gasteiger partial charge in [0, 0.05) is 12.3 Å². The zero-order valence-electron chi connectivity index (χ0n) is 8.65. The molecule has 0 aliphatic rings. The Morgan fingerprint density at radius 2 is 2.24 bits per heavy atom. The van der Waals surface area contributed by atoms with Crippen molar-refractivity contribution in [2.24, 2.45) is 0 Å². The molecule has 2 aromatic rings. The summed E-state index contributed by atoms with van der Waals surface area (Å²) in [6, 6.07) is 2.96. The van der Waals surface area contributed by atoms with Gasteiger partial charge in [-0.15, -0.1) is 0 Å². The van der Waals surface area contributed by atoms with Crippen molar-refractivity contribution < 1.29 is 13.5 Å². The number of alkyl halides is 2. The lowest BCUT2D eigenvalue weighted by molar-refractivity contribution is 0.145. The largest absolute Gasteiger partial charge is 0.497 e. The smallest absolute Gasteiger partial charge is 0.281 e. The molecule has 90 valence electrons. The minimum atomic E-state index is -2.81. The van der Waals surface area contributed by atoms with Gasteiger partial charge in [0.1, 0.15) is 21.6 Å². The number of fused-ring (bicyclic) bond motifs is 1. The Kier molecular flexibility index (Phi) is 3.10. The standard InChI is InChI=1S/C10H7BrF2N2O2/c1-17-5-2-3-15-6(4-5)14-8(9(12)13)7(11)10(15)16/h2-4,9H,1H3. The maximum absolute atomic E-state index is 12.6. The quantitative estimate of drug-likeness (QED) is 0.856. The van der Waals surface area contributed by atoms with Crippen LogP contribution in [0, 0.1) is 0 Å². The third kappa shape index (κ3) is 2.02. The monoisotopic (exact) mass is 304 g/mol. The molecule has 0 radical (unpaired) electrons. The lowest BCUT2D eigenvalue weighted by Crippen LogP contribution is -2.18. The van der Waals surface area contributed by atoms with Crippen LogP contribution in [0.25, 0.3) is 5.65 Å². The van der Waals surface area contributed by atoms with Crippen molar-refractivity contribution in [2.75, 3.05) is 7.11 Å². The Morgan fingerprint density at radius 3 is 2.82 bits per heavy atom. The molecule has 0 bridgehead atoms.